The number of hydrogen-bond donors (Lipinski definition) is 0. The first-order valence-electron chi connectivity index (χ1n) is 11.3. The summed E-state index contributed by atoms with van der Waals surface area (Å²) in [7, 11) is 3.40. The lowest BCUT2D eigenvalue weighted by atomic mass is 9.81. The molecule has 0 saturated heterocycles. The van der Waals surface area contributed by atoms with E-state index < -0.39 is 0 Å². The highest BCUT2D eigenvalue weighted by molar-refractivity contribution is 5.46. The van der Waals surface area contributed by atoms with Gasteiger partial charge in [0.15, 0.2) is 0 Å². The van der Waals surface area contributed by atoms with Crippen molar-refractivity contribution >= 4 is 0 Å². The van der Waals surface area contributed by atoms with Gasteiger partial charge in [-0.25, -0.2) is 0 Å². The number of rotatable bonds is 4. The molecule has 3 aromatic rings. The molecule has 0 aromatic heterocycles. The van der Waals surface area contributed by atoms with Crippen LogP contribution in [-0.2, 0) is 24.0 Å². The Kier molecular flexibility index (Phi) is 5.04. The van der Waals surface area contributed by atoms with Gasteiger partial charge in [0.25, 0.3) is 0 Å². The molecule has 166 valence electrons. The lowest BCUT2D eigenvalue weighted by molar-refractivity contribution is 0.0557. The Labute approximate surface area is 190 Å². The average molecular weight is 431 g/mol. The molecule has 0 radical (unpaired) electrons. The fourth-order valence-corrected chi connectivity index (χ4v) is 4.87. The predicted octanol–water partition coefficient (Wildman–Crippen LogP) is 6.18. The highest BCUT2D eigenvalue weighted by atomic mass is 16.5. The molecule has 4 nitrogen and oxygen atoms in total. The monoisotopic (exact) mass is 430 g/mol. The zero-order valence-electron chi connectivity index (χ0n) is 19.2. The van der Waals surface area contributed by atoms with Crippen LogP contribution in [0.1, 0.15) is 48.9 Å². The molecular formula is C28H30O4. The molecule has 4 heteroatoms. The van der Waals surface area contributed by atoms with Gasteiger partial charge in [-0.15, -0.1) is 0 Å². The summed E-state index contributed by atoms with van der Waals surface area (Å²) in [4.78, 5) is 0. The van der Waals surface area contributed by atoms with Crippen molar-refractivity contribution in [3.8, 4) is 23.0 Å². The van der Waals surface area contributed by atoms with Gasteiger partial charge < -0.3 is 18.9 Å². The van der Waals surface area contributed by atoms with Crippen molar-refractivity contribution in [2.75, 3.05) is 14.2 Å². The van der Waals surface area contributed by atoms with E-state index >= 15 is 0 Å². The van der Waals surface area contributed by atoms with Crippen molar-refractivity contribution in [3.63, 3.8) is 0 Å². The Hall–Kier alpha value is -3.14. The van der Waals surface area contributed by atoms with Crippen LogP contribution in [0.2, 0.25) is 0 Å². The quantitative estimate of drug-likeness (QED) is 0.495. The Morgan fingerprint density at radius 3 is 1.56 bits per heavy atom. The lowest BCUT2D eigenvalue weighted by Gasteiger charge is -2.39. The topological polar surface area (TPSA) is 36.9 Å². The second-order valence-corrected chi connectivity index (χ2v) is 9.19. The van der Waals surface area contributed by atoms with Crippen LogP contribution >= 0.6 is 0 Å². The van der Waals surface area contributed by atoms with E-state index in [4.69, 9.17) is 18.9 Å². The normalized spacial score (nSPS) is 23.9. The van der Waals surface area contributed by atoms with E-state index in [9.17, 15) is 0 Å². The van der Waals surface area contributed by atoms with Crippen molar-refractivity contribution in [1.29, 1.82) is 0 Å². The summed E-state index contributed by atoms with van der Waals surface area (Å²) >= 11 is 0. The number of fused-ring (bicyclic) bond motifs is 2. The Balaban J connectivity index is 1.43. The van der Waals surface area contributed by atoms with E-state index in [-0.39, 0.29) is 11.2 Å². The van der Waals surface area contributed by atoms with Crippen molar-refractivity contribution in [2.24, 2.45) is 0 Å². The predicted molar refractivity (Wildman–Crippen MR) is 125 cm³/mol. The molecule has 2 aliphatic heterocycles. The van der Waals surface area contributed by atoms with Gasteiger partial charge >= 0.3 is 0 Å². The van der Waals surface area contributed by atoms with Crippen molar-refractivity contribution in [1.82, 2.24) is 0 Å². The summed E-state index contributed by atoms with van der Waals surface area (Å²) in [5.74, 6) is 3.62. The summed E-state index contributed by atoms with van der Waals surface area (Å²) in [5.41, 5.74) is 4.01. The third kappa shape index (κ3) is 3.58. The molecule has 5 rings (SSSR count). The van der Waals surface area contributed by atoms with Gasteiger partial charge in [0.1, 0.15) is 34.2 Å². The molecule has 0 saturated carbocycles. The van der Waals surface area contributed by atoms with Gasteiger partial charge in [0.2, 0.25) is 0 Å². The van der Waals surface area contributed by atoms with E-state index in [1.54, 1.807) is 14.2 Å². The second kappa shape index (κ2) is 7.77. The summed E-state index contributed by atoms with van der Waals surface area (Å²) < 4.78 is 23.8. The van der Waals surface area contributed by atoms with Gasteiger partial charge in [-0.3, -0.25) is 0 Å². The minimum Gasteiger partial charge on any atom is -0.497 e. The van der Waals surface area contributed by atoms with Crippen LogP contribution in [0.3, 0.4) is 0 Å². The fourth-order valence-electron chi connectivity index (χ4n) is 4.87. The van der Waals surface area contributed by atoms with Gasteiger partial charge in [0.05, 0.1) is 14.2 Å². The van der Waals surface area contributed by atoms with E-state index in [1.807, 2.05) is 24.3 Å². The van der Waals surface area contributed by atoms with Crippen LogP contribution in [0.25, 0.3) is 0 Å². The molecular weight excluding hydrogens is 400 g/mol. The van der Waals surface area contributed by atoms with Crippen LogP contribution < -0.4 is 18.9 Å². The number of hydrogen-bond acceptors (Lipinski definition) is 4. The zero-order chi connectivity index (χ0) is 22.3. The fraction of sp³-hybridized carbons (Fsp3) is 0.357. The first-order valence-corrected chi connectivity index (χ1v) is 11.3. The van der Waals surface area contributed by atoms with Crippen LogP contribution in [0.4, 0.5) is 0 Å². The molecule has 2 aliphatic rings. The largest absolute Gasteiger partial charge is 0.497 e. The molecule has 0 aliphatic carbocycles. The third-order valence-electron chi connectivity index (χ3n) is 7.03. The van der Waals surface area contributed by atoms with Crippen LogP contribution in [0.15, 0.2) is 60.7 Å². The molecule has 0 spiro atoms. The number of methoxy groups -OCH3 is 2. The maximum Gasteiger partial charge on any atom is 0.132 e. The van der Waals surface area contributed by atoms with Crippen LogP contribution in [-0.4, -0.2) is 14.2 Å². The molecule has 0 fully saturated rings. The smallest absolute Gasteiger partial charge is 0.132 e. The van der Waals surface area contributed by atoms with Crippen LogP contribution in [0.5, 0.6) is 23.0 Å². The minimum atomic E-state index is -0.381. The second-order valence-electron chi connectivity index (χ2n) is 9.19. The minimum absolute atomic E-state index is 0.381. The highest BCUT2D eigenvalue weighted by Crippen LogP contribution is 2.44. The zero-order valence-corrected chi connectivity index (χ0v) is 19.2. The van der Waals surface area contributed by atoms with Crippen LogP contribution in [0, 0.1) is 0 Å². The standard InChI is InChI=1S/C28H30O4/c1-27(14-12-19-16-23(29-3)8-10-25(19)31-27)21-6-5-7-22(18-21)28(2)15-13-20-17-24(30-4)9-11-26(20)32-28/h5-11,16-18H,12-15H2,1-4H3. The van der Waals surface area contributed by atoms with E-state index in [2.05, 4.69) is 50.2 Å². The van der Waals surface area contributed by atoms with E-state index in [0.717, 1.165) is 48.7 Å². The average Bonchev–Trinajstić information content (AvgIpc) is 2.83. The van der Waals surface area contributed by atoms with Crippen molar-refractivity contribution in [2.45, 2.75) is 50.7 Å². The molecule has 0 N–H and O–H groups in total. The van der Waals surface area contributed by atoms with Gasteiger partial charge in [-0.05, 0) is 104 Å². The molecule has 0 bridgehead atoms. The van der Waals surface area contributed by atoms with Gasteiger partial charge in [-0.1, -0.05) is 18.2 Å². The lowest BCUT2D eigenvalue weighted by Crippen LogP contribution is -2.36. The van der Waals surface area contributed by atoms with Crippen molar-refractivity contribution in [3.05, 3.63) is 82.9 Å². The molecule has 2 unspecified atom stereocenters. The van der Waals surface area contributed by atoms with Gasteiger partial charge in [0, 0.05) is 0 Å². The summed E-state index contributed by atoms with van der Waals surface area (Å²) in [5, 5.41) is 0. The Morgan fingerprint density at radius 1 is 0.656 bits per heavy atom. The highest BCUT2D eigenvalue weighted by Gasteiger charge is 2.37. The first kappa shape index (κ1) is 20.7. The van der Waals surface area contributed by atoms with Gasteiger partial charge in [-0.2, -0.15) is 0 Å². The summed E-state index contributed by atoms with van der Waals surface area (Å²) in [6.07, 6.45) is 3.74. The molecule has 2 heterocycles. The number of aryl methyl sites for hydroxylation is 2. The first-order chi connectivity index (χ1) is 15.4. The number of benzene rings is 3. The molecule has 32 heavy (non-hydrogen) atoms. The van der Waals surface area contributed by atoms with E-state index in [1.165, 1.54) is 22.3 Å². The van der Waals surface area contributed by atoms with Crippen molar-refractivity contribution < 1.29 is 18.9 Å². The molecule has 2 atom stereocenters. The molecule has 3 aromatic carbocycles. The number of ether oxygens (including phenoxy) is 4. The maximum atomic E-state index is 6.55. The Morgan fingerprint density at radius 2 is 1.12 bits per heavy atom. The summed E-state index contributed by atoms with van der Waals surface area (Å²) in [6, 6.07) is 20.9. The Bertz CT molecular complexity index is 1070. The SMILES string of the molecule is COc1ccc2c(c1)CCC(C)(c1cccc(C3(C)CCc4cc(OC)ccc4O3)c1)O2. The third-order valence-corrected chi connectivity index (χ3v) is 7.03. The van der Waals surface area contributed by atoms with E-state index in [0.29, 0.717) is 0 Å². The molecule has 0 amide bonds. The maximum absolute atomic E-state index is 6.55. The summed E-state index contributed by atoms with van der Waals surface area (Å²) in [6.45, 7) is 4.37.